The van der Waals surface area contributed by atoms with Crippen LogP contribution < -0.4 is 4.90 Å². The molecule has 0 fully saturated rings. The molecule has 2 aromatic rings. The van der Waals surface area contributed by atoms with Crippen molar-refractivity contribution in [2.45, 2.75) is 19.8 Å². The normalized spacial score (nSPS) is 16.0. The lowest BCUT2D eigenvalue weighted by Gasteiger charge is -2.32. The Balaban J connectivity index is 1.61. The molecule has 0 spiro atoms. The summed E-state index contributed by atoms with van der Waals surface area (Å²) in [6.45, 7) is 2.37. The highest BCUT2D eigenvalue weighted by Crippen LogP contribution is 2.31. The fourth-order valence-corrected chi connectivity index (χ4v) is 3.70. The Labute approximate surface area is 145 Å². The van der Waals surface area contributed by atoms with E-state index < -0.39 is 11.8 Å². The molecule has 5 nitrogen and oxygen atoms in total. The lowest BCUT2D eigenvalue weighted by molar-refractivity contribution is -0.119. The van der Waals surface area contributed by atoms with Crippen molar-refractivity contribution in [3.8, 4) is 0 Å². The molecule has 0 radical (unpaired) electrons. The van der Waals surface area contributed by atoms with Crippen molar-refractivity contribution in [3.63, 3.8) is 0 Å². The zero-order chi connectivity index (χ0) is 17.6. The first-order valence-electron chi connectivity index (χ1n) is 8.42. The van der Waals surface area contributed by atoms with Crippen LogP contribution >= 0.6 is 0 Å². The predicted molar refractivity (Wildman–Crippen MR) is 93.7 cm³/mol. The Bertz CT molecular complexity index is 869. The van der Waals surface area contributed by atoms with Gasteiger partial charge in [0.05, 0.1) is 11.1 Å². The van der Waals surface area contributed by atoms with Crippen LogP contribution in [0.2, 0.25) is 0 Å². The fraction of sp³-hybridized carbons (Fsp3) is 0.250. The number of anilines is 1. The van der Waals surface area contributed by atoms with Crippen molar-refractivity contribution >= 4 is 23.4 Å². The number of carbonyl (C=O) groups excluding carboxylic acids is 3. The zero-order valence-electron chi connectivity index (χ0n) is 14.0. The Morgan fingerprint density at radius 3 is 2.36 bits per heavy atom. The summed E-state index contributed by atoms with van der Waals surface area (Å²) in [6.07, 6.45) is 1.82. The number of aryl methyl sites for hydroxylation is 2. The van der Waals surface area contributed by atoms with Gasteiger partial charge in [-0.25, -0.2) is 0 Å². The van der Waals surface area contributed by atoms with E-state index in [0.717, 1.165) is 34.6 Å². The molecule has 0 N–H and O–H groups in total. The second kappa shape index (κ2) is 5.84. The minimum atomic E-state index is -0.393. The Kier molecular flexibility index (Phi) is 3.64. The van der Waals surface area contributed by atoms with Crippen LogP contribution in [0.1, 0.15) is 38.3 Å². The van der Waals surface area contributed by atoms with E-state index in [1.54, 1.807) is 29.2 Å². The van der Waals surface area contributed by atoms with Crippen LogP contribution in [0.15, 0.2) is 42.5 Å². The molecule has 5 heteroatoms. The van der Waals surface area contributed by atoms with Gasteiger partial charge in [-0.15, -0.1) is 0 Å². The smallest absolute Gasteiger partial charge is 0.262 e. The second-order valence-electron chi connectivity index (χ2n) is 6.47. The van der Waals surface area contributed by atoms with E-state index in [2.05, 4.69) is 0 Å². The maximum absolute atomic E-state index is 12.9. The standard InChI is InChI=1S/C20H18N2O3/c1-13-6-4-7-14-8-5-11-21(18(13)14)17(23)12-22-19(24)15-9-2-3-10-16(15)20(22)25/h2-4,6-7,9-10H,5,8,11-12H2,1H3. The molecule has 126 valence electrons. The molecule has 0 unspecified atom stereocenters. The minimum absolute atomic E-state index is 0.218. The number of carbonyl (C=O) groups is 3. The van der Waals surface area contributed by atoms with Crippen molar-refractivity contribution < 1.29 is 14.4 Å². The first-order valence-corrected chi connectivity index (χ1v) is 8.42. The van der Waals surface area contributed by atoms with Crippen LogP contribution in [0.5, 0.6) is 0 Å². The highest BCUT2D eigenvalue weighted by Gasteiger charge is 2.37. The van der Waals surface area contributed by atoms with Gasteiger partial charge >= 0.3 is 0 Å². The van der Waals surface area contributed by atoms with E-state index in [4.69, 9.17) is 0 Å². The topological polar surface area (TPSA) is 57.7 Å². The van der Waals surface area contributed by atoms with Crippen LogP contribution in [0.25, 0.3) is 0 Å². The number of amides is 3. The number of imide groups is 1. The predicted octanol–water partition coefficient (Wildman–Crippen LogP) is 2.57. The van der Waals surface area contributed by atoms with Crippen molar-refractivity contribution in [2.24, 2.45) is 0 Å². The Morgan fingerprint density at radius 2 is 1.68 bits per heavy atom. The molecular formula is C20H18N2O3. The molecule has 3 amide bonds. The Morgan fingerprint density at radius 1 is 1.00 bits per heavy atom. The highest BCUT2D eigenvalue weighted by molar-refractivity contribution is 6.22. The molecule has 0 aromatic heterocycles. The van der Waals surface area contributed by atoms with Gasteiger partial charge < -0.3 is 4.90 Å². The maximum atomic E-state index is 12.9. The number of hydrogen-bond donors (Lipinski definition) is 0. The first kappa shape index (κ1) is 15.6. The van der Waals surface area contributed by atoms with E-state index in [1.165, 1.54) is 0 Å². The van der Waals surface area contributed by atoms with Crippen LogP contribution in [0.4, 0.5) is 5.69 Å². The molecule has 0 aliphatic carbocycles. The molecule has 2 heterocycles. The SMILES string of the molecule is Cc1cccc2c1N(C(=O)CN1C(=O)c3ccccc3C1=O)CCC2. The van der Waals surface area contributed by atoms with Crippen molar-refractivity contribution in [3.05, 3.63) is 64.7 Å². The quantitative estimate of drug-likeness (QED) is 0.793. The number of hydrogen-bond acceptors (Lipinski definition) is 3. The lowest BCUT2D eigenvalue weighted by atomic mass is 9.98. The third-order valence-corrected chi connectivity index (χ3v) is 4.89. The first-order chi connectivity index (χ1) is 12.1. The number of fused-ring (bicyclic) bond motifs is 2. The average molecular weight is 334 g/mol. The van der Waals surface area contributed by atoms with Gasteiger partial charge in [-0.3, -0.25) is 19.3 Å². The van der Waals surface area contributed by atoms with Gasteiger partial charge in [0.2, 0.25) is 5.91 Å². The van der Waals surface area contributed by atoms with Crippen molar-refractivity contribution in [2.75, 3.05) is 18.0 Å². The molecule has 2 aromatic carbocycles. The number of nitrogens with zero attached hydrogens (tertiary/aromatic N) is 2. The van der Waals surface area contributed by atoms with Gasteiger partial charge in [-0.05, 0) is 43.0 Å². The van der Waals surface area contributed by atoms with Crippen molar-refractivity contribution in [1.82, 2.24) is 4.90 Å². The van der Waals surface area contributed by atoms with E-state index in [9.17, 15) is 14.4 Å². The van der Waals surface area contributed by atoms with Gasteiger partial charge in [0, 0.05) is 12.2 Å². The monoisotopic (exact) mass is 334 g/mol. The van der Waals surface area contributed by atoms with Crippen LogP contribution in [-0.2, 0) is 11.2 Å². The Hall–Kier alpha value is -2.95. The van der Waals surface area contributed by atoms with Gasteiger partial charge in [0.15, 0.2) is 0 Å². The molecule has 4 rings (SSSR count). The maximum Gasteiger partial charge on any atom is 0.262 e. The van der Waals surface area contributed by atoms with Gasteiger partial charge in [-0.2, -0.15) is 0 Å². The molecule has 2 aliphatic heterocycles. The third kappa shape index (κ3) is 2.43. The van der Waals surface area contributed by atoms with Gasteiger partial charge in [0.25, 0.3) is 11.8 Å². The van der Waals surface area contributed by atoms with E-state index in [-0.39, 0.29) is 12.5 Å². The summed E-state index contributed by atoms with van der Waals surface area (Å²) in [5, 5.41) is 0. The van der Waals surface area contributed by atoms with E-state index in [1.807, 2.05) is 25.1 Å². The van der Waals surface area contributed by atoms with Crippen LogP contribution in [0, 0.1) is 6.92 Å². The second-order valence-corrected chi connectivity index (χ2v) is 6.47. The molecule has 2 aliphatic rings. The molecule has 0 saturated carbocycles. The summed E-state index contributed by atoms with van der Waals surface area (Å²) in [4.78, 5) is 40.6. The van der Waals surface area contributed by atoms with E-state index >= 15 is 0 Å². The summed E-state index contributed by atoms with van der Waals surface area (Å²) in [7, 11) is 0. The van der Waals surface area contributed by atoms with Gasteiger partial charge in [-0.1, -0.05) is 30.3 Å². The van der Waals surface area contributed by atoms with Crippen molar-refractivity contribution in [1.29, 1.82) is 0 Å². The zero-order valence-corrected chi connectivity index (χ0v) is 14.0. The average Bonchev–Trinajstić information content (AvgIpc) is 2.87. The molecule has 0 saturated heterocycles. The van der Waals surface area contributed by atoms with Crippen LogP contribution in [-0.4, -0.2) is 35.7 Å². The largest absolute Gasteiger partial charge is 0.310 e. The number of rotatable bonds is 2. The number of para-hydroxylation sites is 1. The summed E-state index contributed by atoms with van der Waals surface area (Å²) in [5.74, 6) is -1.00. The van der Waals surface area contributed by atoms with Gasteiger partial charge in [0.1, 0.15) is 6.54 Å². The summed E-state index contributed by atoms with van der Waals surface area (Å²) in [6, 6.07) is 12.7. The minimum Gasteiger partial charge on any atom is -0.310 e. The summed E-state index contributed by atoms with van der Waals surface area (Å²) < 4.78 is 0. The van der Waals surface area contributed by atoms with E-state index in [0.29, 0.717) is 17.7 Å². The van der Waals surface area contributed by atoms with Crippen LogP contribution in [0.3, 0.4) is 0 Å². The number of benzene rings is 2. The molecule has 0 bridgehead atoms. The molecular weight excluding hydrogens is 316 g/mol. The lowest BCUT2D eigenvalue weighted by Crippen LogP contribution is -2.44. The molecule has 25 heavy (non-hydrogen) atoms. The third-order valence-electron chi connectivity index (χ3n) is 4.89. The summed E-state index contributed by atoms with van der Waals surface area (Å²) in [5.41, 5.74) is 3.84. The fourth-order valence-electron chi connectivity index (χ4n) is 3.70. The molecule has 0 atom stereocenters. The highest BCUT2D eigenvalue weighted by atomic mass is 16.2. The summed E-state index contributed by atoms with van der Waals surface area (Å²) >= 11 is 0.